The summed E-state index contributed by atoms with van der Waals surface area (Å²) in [7, 11) is 1.38. The molecule has 0 aliphatic rings. The van der Waals surface area contributed by atoms with Gasteiger partial charge in [-0.1, -0.05) is 18.7 Å². The summed E-state index contributed by atoms with van der Waals surface area (Å²) >= 11 is 3.08. The molecule has 2 heterocycles. The van der Waals surface area contributed by atoms with E-state index in [0.29, 0.717) is 5.56 Å². The molecule has 0 fully saturated rings. The van der Waals surface area contributed by atoms with Crippen LogP contribution in [-0.4, -0.2) is 28.3 Å². The second kappa shape index (κ2) is 6.01. The Bertz CT molecular complexity index is 536. The van der Waals surface area contributed by atoms with Crippen molar-refractivity contribution < 1.29 is 9.53 Å². The minimum absolute atomic E-state index is 0.298. The number of carbonyl (C=O) groups is 1. The van der Waals surface area contributed by atoms with E-state index >= 15 is 0 Å². The van der Waals surface area contributed by atoms with E-state index in [1.165, 1.54) is 18.4 Å². The molecule has 0 aromatic carbocycles. The molecule has 2 aromatic heterocycles. The number of esters is 1. The minimum Gasteiger partial charge on any atom is -0.465 e. The van der Waals surface area contributed by atoms with Crippen molar-refractivity contribution in [3.8, 4) is 0 Å². The second-order valence-corrected chi connectivity index (χ2v) is 5.44. The average Bonchev–Trinajstić information content (AvgIpc) is 3.04. The van der Waals surface area contributed by atoms with E-state index in [1.54, 1.807) is 17.1 Å². The van der Waals surface area contributed by atoms with Crippen molar-refractivity contribution in [3.63, 3.8) is 0 Å². The van der Waals surface area contributed by atoms with Gasteiger partial charge in [-0.25, -0.2) is 9.78 Å². The van der Waals surface area contributed by atoms with Crippen LogP contribution in [-0.2, 0) is 16.9 Å². The van der Waals surface area contributed by atoms with E-state index < -0.39 is 0 Å². The maximum absolute atomic E-state index is 11.3. The van der Waals surface area contributed by atoms with Crippen molar-refractivity contribution in [2.45, 2.75) is 24.3 Å². The molecular formula is C11H13N3O2S2. The quantitative estimate of drug-likeness (QED) is 0.674. The molecule has 7 heteroatoms. The number of carbonyl (C=O) groups excluding carboxylic acids is 1. The van der Waals surface area contributed by atoms with Gasteiger partial charge in [-0.3, -0.25) is 5.10 Å². The van der Waals surface area contributed by atoms with E-state index in [-0.39, 0.29) is 5.97 Å². The van der Waals surface area contributed by atoms with Gasteiger partial charge in [-0.05, 0) is 6.07 Å². The number of thiophene rings is 1. The predicted octanol–water partition coefficient (Wildman–Crippen LogP) is 2.51. The predicted molar refractivity (Wildman–Crippen MR) is 71.0 cm³/mol. The van der Waals surface area contributed by atoms with Gasteiger partial charge in [0.25, 0.3) is 0 Å². The number of hydrogen-bond acceptors (Lipinski definition) is 6. The largest absolute Gasteiger partial charge is 0.465 e. The molecule has 0 bridgehead atoms. The number of methoxy groups -OCH3 is 1. The highest BCUT2D eigenvalue weighted by atomic mass is 32.2. The molecule has 0 amide bonds. The summed E-state index contributed by atoms with van der Waals surface area (Å²) in [4.78, 5) is 16.7. The van der Waals surface area contributed by atoms with Crippen LogP contribution < -0.4 is 0 Å². The monoisotopic (exact) mass is 283 g/mol. The number of rotatable bonds is 5. The number of thioether (sulfide) groups is 1. The molecule has 0 radical (unpaired) electrons. The second-order valence-electron chi connectivity index (χ2n) is 3.50. The zero-order chi connectivity index (χ0) is 13.0. The van der Waals surface area contributed by atoms with Crippen molar-refractivity contribution in [2.75, 3.05) is 7.11 Å². The Kier molecular flexibility index (Phi) is 4.38. The fraction of sp³-hybridized carbons (Fsp3) is 0.364. The van der Waals surface area contributed by atoms with Gasteiger partial charge >= 0.3 is 5.97 Å². The van der Waals surface area contributed by atoms with E-state index in [1.807, 2.05) is 13.0 Å². The van der Waals surface area contributed by atoms with Gasteiger partial charge in [0.05, 0.1) is 12.7 Å². The Morgan fingerprint density at radius 3 is 3.11 bits per heavy atom. The van der Waals surface area contributed by atoms with Crippen molar-refractivity contribution in [3.05, 3.63) is 27.7 Å². The van der Waals surface area contributed by atoms with Gasteiger partial charge in [0, 0.05) is 22.4 Å². The zero-order valence-corrected chi connectivity index (χ0v) is 11.7. The third kappa shape index (κ3) is 3.11. The first kappa shape index (κ1) is 13.1. The summed E-state index contributed by atoms with van der Waals surface area (Å²) in [6, 6.07) is 1.84. The number of nitrogens with zero attached hydrogens (tertiary/aromatic N) is 2. The smallest absolute Gasteiger partial charge is 0.338 e. The van der Waals surface area contributed by atoms with Gasteiger partial charge in [-0.2, -0.15) is 0 Å². The van der Waals surface area contributed by atoms with Crippen molar-refractivity contribution in [2.24, 2.45) is 0 Å². The molecule has 5 nitrogen and oxygen atoms in total. The van der Waals surface area contributed by atoms with Crippen LogP contribution in [0.3, 0.4) is 0 Å². The Hall–Kier alpha value is -1.34. The standard InChI is InChI=1S/C11H13N3O2S2/c1-3-9-12-11(14-13-9)18-6-8-4-7(5-17-8)10(15)16-2/h4-5H,3,6H2,1-2H3,(H,12,13,14). The number of hydrogen-bond donors (Lipinski definition) is 1. The van der Waals surface area contributed by atoms with Crippen LogP contribution in [0.5, 0.6) is 0 Å². The lowest BCUT2D eigenvalue weighted by atomic mass is 10.3. The Labute approximate surface area is 113 Å². The van der Waals surface area contributed by atoms with E-state index in [2.05, 4.69) is 19.9 Å². The SMILES string of the molecule is CCc1nc(SCc2cc(C(=O)OC)cs2)n[nH]1. The fourth-order valence-corrected chi connectivity index (χ4v) is 3.04. The highest BCUT2D eigenvalue weighted by molar-refractivity contribution is 7.98. The first-order chi connectivity index (χ1) is 8.72. The highest BCUT2D eigenvalue weighted by Crippen LogP contribution is 2.24. The molecule has 0 aliphatic heterocycles. The number of ether oxygens (including phenoxy) is 1. The van der Waals surface area contributed by atoms with Crippen molar-refractivity contribution >= 4 is 29.1 Å². The number of H-pyrrole nitrogens is 1. The Balaban J connectivity index is 1.93. The maximum Gasteiger partial charge on any atom is 0.338 e. The van der Waals surface area contributed by atoms with Gasteiger partial charge in [-0.15, -0.1) is 16.4 Å². The number of nitrogens with one attached hydrogen (secondary N) is 1. The lowest BCUT2D eigenvalue weighted by molar-refractivity contribution is 0.0601. The molecule has 2 aromatic rings. The van der Waals surface area contributed by atoms with Crippen LogP contribution in [0.25, 0.3) is 0 Å². The van der Waals surface area contributed by atoms with Crippen LogP contribution in [0.15, 0.2) is 16.6 Å². The third-order valence-corrected chi connectivity index (χ3v) is 4.28. The summed E-state index contributed by atoms with van der Waals surface area (Å²) in [5, 5.41) is 9.51. The summed E-state index contributed by atoms with van der Waals surface area (Å²) in [6.07, 6.45) is 0.846. The van der Waals surface area contributed by atoms with Gasteiger partial charge in [0.1, 0.15) is 5.82 Å². The lowest BCUT2D eigenvalue weighted by Gasteiger charge is -1.93. The number of aromatic nitrogens is 3. The van der Waals surface area contributed by atoms with Crippen LogP contribution in [0.1, 0.15) is 28.0 Å². The molecule has 0 atom stereocenters. The zero-order valence-electron chi connectivity index (χ0n) is 10.1. The van der Waals surface area contributed by atoms with Crippen LogP contribution in [0.4, 0.5) is 0 Å². The molecule has 0 spiro atoms. The van der Waals surface area contributed by atoms with E-state index in [9.17, 15) is 4.79 Å². The van der Waals surface area contributed by atoms with E-state index in [4.69, 9.17) is 0 Å². The number of aromatic amines is 1. The summed E-state index contributed by atoms with van der Waals surface area (Å²) in [6.45, 7) is 2.02. The minimum atomic E-state index is -0.298. The lowest BCUT2D eigenvalue weighted by Crippen LogP contribution is -1.98. The first-order valence-electron chi connectivity index (χ1n) is 5.42. The van der Waals surface area contributed by atoms with Gasteiger partial charge in [0.15, 0.2) is 0 Å². The van der Waals surface area contributed by atoms with Gasteiger partial charge in [0.2, 0.25) is 5.16 Å². The molecule has 18 heavy (non-hydrogen) atoms. The molecular weight excluding hydrogens is 270 g/mol. The summed E-state index contributed by atoms with van der Waals surface area (Å²) in [5.41, 5.74) is 0.599. The van der Waals surface area contributed by atoms with Crippen molar-refractivity contribution in [1.82, 2.24) is 15.2 Å². The topological polar surface area (TPSA) is 67.9 Å². The molecule has 0 saturated carbocycles. The molecule has 1 N–H and O–H groups in total. The average molecular weight is 283 g/mol. The maximum atomic E-state index is 11.3. The molecule has 0 unspecified atom stereocenters. The van der Waals surface area contributed by atoms with Crippen molar-refractivity contribution in [1.29, 1.82) is 0 Å². The summed E-state index contributed by atoms with van der Waals surface area (Å²) in [5.74, 6) is 1.34. The van der Waals surface area contributed by atoms with E-state index in [0.717, 1.165) is 28.0 Å². The molecule has 2 rings (SSSR count). The first-order valence-corrected chi connectivity index (χ1v) is 7.29. The van der Waals surface area contributed by atoms with Crippen LogP contribution in [0, 0.1) is 0 Å². The van der Waals surface area contributed by atoms with Gasteiger partial charge < -0.3 is 4.74 Å². The fourth-order valence-electron chi connectivity index (χ4n) is 1.32. The van der Waals surface area contributed by atoms with Crippen LogP contribution >= 0.6 is 23.1 Å². The highest BCUT2D eigenvalue weighted by Gasteiger charge is 2.09. The summed E-state index contributed by atoms with van der Waals surface area (Å²) < 4.78 is 4.66. The molecule has 0 saturated heterocycles. The molecule has 96 valence electrons. The number of aryl methyl sites for hydroxylation is 1. The third-order valence-electron chi connectivity index (χ3n) is 2.26. The van der Waals surface area contributed by atoms with Crippen LogP contribution in [0.2, 0.25) is 0 Å². The normalized spacial score (nSPS) is 10.6. The Morgan fingerprint density at radius 2 is 2.44 bits per heavy atom. The Morgan fingerprint density at radius 1 is 1.61 bits per heavy atom. The molecule has 0 aliphatic carbocycles.